The molecule has 0 aromatic heterocycles. The summed E-state index contributed by atoms with van der Waals surface area (Å²) in [6, 6.07) is 2.41. The predicted octanol–water partition coefficient (Wildman–Crippen LogP) is 4.96. The number of nitrogens with one attached hydrogen (secondary N) is 2. The van der Waals surface area contributed by atoms with Crippen LogP contribution in [0.1, 0.15) is 78.9 Å². The van der Waals surface area contributed by atoms with Gasteiger partial charge in [0.25, 0.3) is 0 Å². The van der Waals surface area contributed by atoms with Crippen molar-refractivity contribution in [3.63, 3.8) is 0 Å². The highest BCUT2D eigenvalue weighted by atomic mass is 16.5. The number of aliphatic imine (C=N–C) groups is 1. The SMILES string of the molecule is CCOC1NC(C2CCCCC2O)=NC(c2cc3c(c4c2CCC=C4)C=CC2C=CC=CC32)N1. The van der Waals surface area contributed by atoms with Gasteiger partial charge in [0.05, 0.1) is 6.10 Å². The first-order valence-corrected chi connectivity index (χ1v) is 13.0. The Labute approximate surface area is 202 Å². The zero-order valence-electron chi connectivity index (χ0n) is 19.9. The summed E-state index contributed by atoms with van der Waals surface area (Å²) >= 11 is 0. The fraction of sp³-hybridized carbons (Fsp3) is 0.483. The van der Waals surface area contributed by atoms with Crippen LogP contribution in [0.15, 0.2) is 47.5 Å². The molecule has 5 aliphatic rings. The van der Waals surface area contributed by atoms with E-state index < -0.39 is 0 Å². The second-order valence-corrected chi connectivity index (χ2v) is 10.1. The van der Waals surface area contributed by atoms with Crippen LogP contribution >= 0.6 is 0 Å². The van der Waals surface area contributed by atoms with Gasteiger partial charge in [-0.25, -0.2) is 10.3 Å². The Bertz CT molecular complexity index is 1100. The molecule has 1 aromatic rings. The standard InChI is InChI=1S/C29H35N3O2/c1-2-34-29-31-27(23-13-7-8-14-26(23)33)30-28(32-29)25-17-24-19-10-4-3-9-18(19)15-16-22(24)20-11-5-6-12-21(20)25/h3-5,9-11,15-19,23,26,28-29,32-33H,2,6-8,12-14H2,1H3,(H,30,31). The van der Waals surface area contributed by atoms with E-state index in [1.165, 1.54) is 27.8 Å². The second-order valence-electron chi connectivity index (χ2n) is 10.1. The molecule has 34 heavy (non-hydrogen) atoms. The third kappa shape index (κ3) is 3.90. The number of ether oxygens (including phenoxy) is 1. The molecule has 0 saturated heterocycles. The van der Waals surface area contributed by atoms with Crippen molar-refractivity contribution in [1.29, 1.82) is 0 Å². The molecule has 0 radical (unpaired) electrons. The van der Waals surface area contributed by atoms with Crippen LogP contribution < -0.4 is 10.6 Å². The van der Waals surface area contributed by atoms with Gasteiger partial charge in [-0.05, 0) is 60.4 Å². The molecule has 1 heterocycles. The van der Waals surface area contributed by atoms with E-state index in [-0.39, 0.29) is 24.5 Å². The largest absolute Gasteiger partial charge is 0.392 e. The summed E-state index contributed by atoms with van der Waals surface area (Å²) in [6.45, 7) is 2.62. The maximum absolute atomic E-state index is 10.8. The van der Waals surface area contributed by atoms with Gasteiger partial charge in [0.2, 0.25) is 0 Å². The second kappa shape index (κ2) is 9.29. The fourth-order valence-electron chi connectivity index (χ4n) is 6.32. The Balaban J connectivity index is 1.46. The van der Waals surface area contributed by atoms with Gasteiger partial charge < -0.3 is 15.2 Å². The van der Waals surface area contributed by atoms with Crippen LogP contribution in [-0.2, 0) is 11.2 Å². The van der Waals surface area contributed by atoms with Crippen LogP contribution in [0.25, 0.3) is 12.2 Å². The van der Waals surface area contributed by atoms with E-state index >= 15 is 0 Å². The molecule has 3 N–H and O–H groups in total. The molecule has 6 unspecified atom stereocenters. The van der Waals surface area contributed by atoms with Crippen molar-refractivity contribution in [3.8, 4) is 0 Å². The van der Waals surface area contributed by atoms with Crippen LogP contribution in [0.2, 0.25) is 0 Å². The Kier molecular flexibility index (Phi) is 6.02. The van der Waals surface area contributed by atoms with Gasteiger partial charge in [0.15, 0.2) is 6.35 Å². The van der Waals surface area contributed by atoms with Gasteiger partial charge in [-0.3, -0.25) is 0 Å². The Morgan fingerprint density at radius 3 is 2.82 bits per heavy atom. The summed E-state index contributed by atoms with van der Waals surface area (Å²) in [4.78, 5) is 5.20. The molecule has 5 nitrogen and oxygen atoms in total. The Morgan fingerprint density at radius 2 is 1.94 bits per heavy atom. The number of nitrogens with zero attached hydrogens (tertiary/aromatic N) is 1. The van der Waals surface area contributed by atoms with Gasteiger partial charge in [-0.1, -0.05) is 67.5 Å². The molecule has 5 heteroatoms. The number of hydrogen-bond acceptors (Lipinski definition) is 5. The number of allylic oxidation sites excluding steroid dienone is 6. The molecule has 1 aromatic carbocycles. The number of fused-ring (bicyclic) bond motifs is 5. The first kappa shape index (κ1) is 22.0. The summed E-state index contributed by atoms with van der Waals surface area (Å²) in [6.07, 6.45) is 23.5. The molecule has 6 atom stereocenters. The van der Waals surface area contributed by atoms with Gasteiger partial charge in [0, 0.05) is 24.4 Å². The summed E-state index contributed by atoms with van der Waals surface area (Å²) in [5.41, 5.74) is 6.74. The minimum Gasteiger partial charge on any atom is -0.392 e. The predicted molar refractivity (Wildman–Crippen MR) is 137 cm³/mol. The lowest BCUT2D eigenvalue weighted by atomic mass is 9.73. The van der Waals surface area contributed by atoms with Gasteiger partial charge in [0.1, 0.15) is 12.0 Å². The first-order valence-electron chi connectivity index (χ1n) is 13.0. The van der Waals surface area contributed by atoms with Crippen molar-refractivity contribution >= 4 is 18.0 Å². The molecule has 4 aliphatic carbocycles. The fourth-order valence-corrected chi connectivity index (χ4v) is 6.32. The normalized spacial score (nSPS) is 33.5. The molecule has 1 saturated carbocycles. The van der Waals surface area contributed by atoms with Crippen LogP contribution in [0, 0.1) is 11.8 Å². The van der Waals surface area contributed by atoms with Crippen molar-refractivity contribution in [2.24, 2.45) is 16.8 Å². The molecule has 178 valence electrons. The lowest BCUT2D eigenvalue weighted by molar-refractivity contribution is 0.00985. The smallest absolute Gasteiger partial charge is 0.186 e. The Hall–Kier alpha value is -2.47. The van der Waals surface area contributed by atoms with Crippen molar-refractivity contribution in [1.82, 2.24) is 10.6 Å². The minimum absolute atomic E-state index is 0.0494. The van der Waals surface area contributed by atoms with Gasteiger partial charge in [-0.15, -0.1) is 0 Å². The number of amidine groups is 1. The number of aliphatic hydroxyl groups is 1. The highest BCUT2D eigenvalue weighted by Crippen LogP contribution is 2.44. The average Bonchev–Trinajstić information content (AvgIpc) is 2.88. The van der Waals surface area contributed by atoms with Crippen LogP contribution in [0.5, 0.6) is 0 Å². The monoisotopic (exact) mass is 457 g/mol. The van der Waals surface area contributed by atoms with E-state index in [1.807, 2.05) is 6.92 Å². The third-order valence-corrected chi connectivity index (χ3v) is 8.02. The number of rotatable bonds is 4. The molecular formula is C29H35N3O2. The van der Waals surface area contributed by atoms with Crippen LogP contribution in [-0.4, -0.2) is 30.0 Å². The van der Waals surface area contributed by atoms with Crippen molar-refractivity contribution < 1.29 is 9.84 Å². The summed E-state index contributed by atoms with van der Waals surface area (Å²) in [7, 11) is 0. The van der Waals surface area contributed by atoms with Crippen LogP contribution in [0.4, 0.5) is 0 Å². The molecule has 1 fully saturated rings. The minimum atomic E-state index is -0.341. The van der Waals surface area contributed by atoms with Crippen LogP contribution in [0.3, 0.4) is 0 Å². The first-order chi connectivity index (χ1) is 16.7. The zero-order chi connectivity index (χ0) is 23.1. The van der Waals surface area contributed by atoms with Crippen molar-refractivity contribution in [3.05, 3.63) is 70.3 Å². The Morgan fingerprint density at radius 1 is 1.06 bits per heavy atom. The molecule has 6 rings (SSSR count). The number of aliphatic hydroxyl groups excluding tert-OH is 1. The average molecular weight is 458 g/mol. The molecule has 0 bridgehead atoms. The van der Waals surface area contributed by atoms with E-state index in [0.717, 1.165) is 44.4 Å². The van der Waals surface area contributed by atoms with E-state index in [1.54, 1.807) is 0 Å². The highest BCUT2D eigenvalue weighted by molar-refractivity contribution is 5.86. The summed E-state index contributed by atoms with van der Waals surface area (Å²) in [5.74, 6) is 1.71. The number of benzene rings is 1. The summed E-state index contributed by atoms with van der Waals surface area (Å²) < 4.78 is 6.00. The zero-order valence-corrected chi connectivity index (χ0v) is 19.9. The third-order valence-electron chi connectivity index (χ3n) is 8.02. The number of hydrogen-bond donors (Lipinski definition) is 3. The van der Waals surface area contributed by atoms with Gasteiger partial charge >= 0.3 is 0 Å². The quantitative estimate of drug-likeness (QED) is 0.598. The van der Waals surface area contributed by atoms with Gasteiger partial charge in [-0.2, -0.15) is 0 Å². The van der Waals surface area contributed by atoms with Crippen molar-refractivity contribution in [2.75, 3.05) is 6.61 Å². The van der Waals surface area contributed by atoms with E-state index in [2.05, 4.69) is 65.3 Å². The molecule has 1 aliphatic heterocycles. The molecule has 0 spiro atoms. The topological polar surface area (TPSA) is 65.9 Å². The highest BCUT2D eigenvalue weighted by Gasteiger charge is 2.35. The maximum atomic E-state index is 10.8. The lowest BCUT2D eigenvalue weighted by Gasteiger charge is -2.38. The molecule has 0 amide bonds. The van der Waals surface area contributed by atoms with Crippen molar-refractivity contribution in [2.45, 2.75) is 70.0 Å². The molecular weight excluding hydrogens is 422 g/mol. The maximum Gasteiger partial charge on any atom is 0.186 e. The van der Waals surface area contributed by atoms with E-state index in [9.17, 15) is 5.11 Å². The van der Waals surface area contributed by atoms with E-state index in [0.29, 0.717) is 18.4 Å². The summed E-state index contributed by atoms with van der Waals surface area (Å²) in [5, 5.41) is 17.8. The lowest BCUT2D eigenvalue weighted by Crippen LogP contribution is -2.56. The van der Waals surface area contributed by atoms with E-state index in [4.69, 9.17) is 9.73 Å².